The maximum atomic E-state index is 13.3. The second-order valence-corrected chi connectivity index (χ2v) is 12.2. The molecule has 1 atom stereocenters. The summed E-state index contributed by atoms with van der Waals surface area (Å²) in [5.41, 5.74) is 2.03. The van der Waals surface area contributed by atoms with E-state index in [0.717, 1.165) is 43.4 Å². The van der Waals surface area contributed by atoms with Gasteiger partial charge >= 0.3 is 0 Å². The fourth-order valence-corrected chi connectivity index (χ4v) is 6.73. The van der Waals surface area contributed by atoms with Crippen molar-refractivity contribution in [2.45, 2.75) is 50.0 Å². The predicted molar refractivity (Wildman–Crippen MR) is 147 cm³/mol. The number of aliphatic hydroxyl groups excluding tert-OH is 1. The third kappa shape index (κ3) is 5.70. The summed E-state index contributed by atoms with van der Waals surface area (Å²) in [6.07, 6.45) is 4.13. The highest BCUT2D eigenvalue weighted by molar-refractivity contribution is 7.89. The Kier molecular flexibility index (Phi) is 8.70. The lowest BCUT2D eigenvalue weighted by Crippen LogP contribution is -2.35. The number of carbonyl (C=O) groups excluding carboxylic acids is 2. The Morgan fingerprint density at radius 2 is 1.71 bits per heavy atom. The van der Waals surface area contributed by atoms with Crippen molar-refractivity contribution in [2.75, 3.05) is 40.3 Å². The average Bonchev–Trinajstić information content (AvgIpc) is 3.18. The third-order valence-corrected chi connectivity index (χ3v) is 9.20. The normalized spacial score (nSPS) is 20.4. The minimum absolute atomic E-state index is 0.0170. The Bertz CT molecular complexity index is 1310. The quantitative estimate of drug-likeness (QED) is 0.296. The van der Waals surface area contributed by atoms with Crippen LogP contribution in [0.3, 0.4) is 0 Å². The van der Waals surface area contributed by atoms with Crippen molar-refractivity contribution in [1.82, 2.24) is 14.1 Å². The molecule has 2 heterocycles. The molecular weight excluding hydrogens is 502 g/mol. The van der Waals surface area contributed by atoms with Crippen LogP contribution in [0.1, 0.15) is 55.3 Å². The van der Waals surface area contributed by atoms with Gasteiger partial charge < -0.3 is 14.9 Å². The third-order valence-electron chi connectivity index (χ3n) is 7.31. The number of nitrogens with zero attached hydrogens (tertiary/aromatic N) is 3. The van der Waals surface area contributed by atoms with Gasteiger partial charge in [0.05, 0.1) is 16.5 Å². The fraction of sp³-hybridized carbons (Fsp3) is 0.448. The van der Waals surface area contributed by atoms with Crippen molar-refractivity contribution in [1.29, 1.82) is 0 Å². The van der Waals surface area contributed by atoms with Gasteiger partial charge in [0.1, 0.15) is 5.76 Å². The van der Waals surface area contributed by atoms with Crippen molar-refractivity contribution in [3.8, 4) is 0 Å². The Balaban J connectivity index is 1.77. The highest BCUT2D eigenvalue weighted by Crippen LogP contribution is 2.40. The van der Waals surface area contributed by atoms with Gasteiger partial charge in [-0.05, 0) is 69.6 Å². The lowest BCUT2D eigenvalue weighted by molar-refractivity contribution is -0.139. The van der Waals surface area contributed by atoms with Crippen LogP contribution in [-0.2, 0) is 26.0 Å². The van der Waals surface area contributed by atoms with Gasteiger partial charge in [-0.3, -0.25) is 9.59 Å². The fourth-order valence-electron chi connectivity index (χ4n) is 5.16. The zero-order valence-corrected chi connectivity index (χ0v) is 23.2. The summed E-state index contributed by atoms with van der Waals surface area (Å²) >= 11 is 0. The van der Waals surface area contributed by atoms with Crippen molar-refractivity contribution >= 4 is 27.5 Å². The van der Waals surface area contributed by atoms with E-state index in [1.165, 1.54) is 21.3 Å². The molecule has 2 aromatic carbocycles. The van der Waals surface area contributed by atoms with Crippen molar-refractivity contribution in [3.63, 3.8) is 0 Å². The molecule has 2 fully saturated rings. The summed E-state index contributed by atoms with van der Waals surface area (Å²) in [6.45, 7) is 4.06. The van der Waals surface area contributed by atoms with E-state index >= 15 is 0 Å². The second kappa shape index (κ2) is 11.8. The molecule has 204 valence electrons. The van der Waals surface area contributed by atoms with E-state index in [4.69, 9.17) is 0 Å². The van der Waals surface area contributed by atoms with Gasteiger partial charge in [0, 0.05) is 25.2 Å². The summed E-state index contributed by atoms with van der Waals surface area (Å²) in [5.74, 6) is -1.79. The Hall–Kier alpha value is -3.01. The van der Waals surface area contributed by atoms with Gasteiger partial charge in [-0.1, -0.05) is 49.7 Å². The summed E-state index contributed by atoms with van der Waals surface area (Å²) in [4.78, 5) is 30.1. The number of ketones is 1. The van der Waals surface area contributed by atoms with E-state index < -0.39 is 27.8 Å². The SMILES string of the molecule is CCc1ccc(C2/C(=C(\O)c3cccc(S(=O)(=O)N4CCCCC4)c3)C(=O)C(=O)N2CCCN(C)C)cc1. The van der Waals surface area contributed by atoms with Crippen LogP contribution in [0, 0.1) is 0 Å². The standard InChI is InChI=1S/C29H37N3O5S/c1-4-21-12-14-22(15-13-21)26-25(28(34)29(35)32(26)19-9-16-30(2)3)27(33)23-10-8-11-24(20-23)38(36,37)31-17-6-5-7-18-31/h8,10-15,20,26,33H,4-7,9,16-19H2,1-3H3/b27-25+. The van der Waals surface area contributed by atoms with E-state index in [0.29, 0.717) is 26.1 Å². The Morgan fingerprint density at radius 1 is 1.03 bits per heavy atom. The first-order chi connectivity index (χ1) is 18.1. The van der Waals surface area contributed by atoms with Crippen LogP contribution in [0.15, 0.2) is 59.0 Å². The largest absolute Gasteiger partial charge is 0.507 e. The first-order valence-electron chi connectivity index (χ1n) is 13.3. The minimum atomic E-state index is -3.74. The monoisotopic (exact) mass is 539 g/mol. The van der Waals surface area contributed by atoms with E-state index in [1.54, 1.807) is 12.1 Å². The lowest BCUT2D eigenvalue weighted by Gasteiger charge is -2.26. The number of amides is 1. The van der Waals surface area contributed by atoms with Gasteiger partial charge in [0.2, 0.25) is 10.0 Å². The van der Waals surface area contributed by atoms with Gasteiger partial charge in [-0.25, -0.2) is 8.42 Å². The Morgan fingerprint density at radius 3 is 2.34 bits per heavy atom. The second-order valence-electron chi connectivity index (χ2n) is 10.2. The molecule has 1 unspecified atom stereocenters. The number of Topliss-reactive ketones (excluding diaryl/α,β-unsaturated/α-hetero) is 1. The van der Waals surface area contributed by atoms with Crippen LogP contribution >= 0.6 is 0 Å². The molecule has 4 rings (SSSR count). The number of benzene rings is 2. The zero-order valence-electron chi connectivity index (χ0n) is 22.4. The number of hydrogen-bond donors (Lipinski definition) is 1. The number of likely N-dealkylation sites (tertiary alicyclic amines) is 1. The summed E-state index contributed by atoms with van der Waals surface area (Å²) < 4.78 is 28.0. The van der Waals surface area contributed by atoms with E-state index in [-0.39, 0.29) is 21.8 Å². The number of hydrogen-bond acceptors (Lipinski definition) is 6. The molecule has 0 spiro atoms. The highest BCUT2D eigenvalue weighted by atomic mass is 32.2. The summed E-state index contributed by atoms with van der Waals surface area (Å²) in [6, 6.07) is 13.0. The predicted octanol–water partition coefficient (Wildman–Crippen LogP) is 3.80. The number of aliphatic hydroxyl groups is 1. The van der Waals surface area contributed by atoms with Crippen molar-refractivity contribution in [3.05, 3.63) is 70.8 Å². The average molecular weight is 540 g/mol. The number of carbonyl (C=O) groups is 2. The number of sulfonamides is 1. The van der Waals surface area contributed by atoms with E-state index in [2.05, 4.69) is 0 Å². The van der Waals surface area contributed by atoms with E-state index in [9.17, 15) is 23.1 Å². The van der Waals surface area contributed by atoms with Gasteiger partial charge in [0.25, 0.3) is 11.7 Å². The summed E-state index contributed by atoms with van der Waals surface area (Å²) in [5, 5.41) is 11.4. The molecule has 8 nitrogen and oxygen atoms in total. The molecule has 1 amide bonds. The topological polar surface area (TPSA) is 98.2 Å². The first-order valence-corrected chi connectivity index (χ1v) is 14.7. The molecule has 2 aliphatic heterocycles. The Labute approximate surface area is 225 Å². The number of aryl methyl sites for hydroxylation is 1. The number of rotatable bonds is 9. The van der Waals surface area contributed by atoms with Gasteiger partial charge in [-0.15, -0.1) is 0 Å². The number of piperidine rings is 1. The molecule has 9 heteroatoms. The molecule has 0 aromatic heterocycles. The zero-order chi connectivity index (χ0) is 27.4. The minimum Gasteiger partial charge on any atom is -0.507 e. The van der Waals surface area contributed by atoms with Crippen molar-refractivity contribution in [2.24, 2.45) is 0 Å². The molecule has 38 heavy (non-hydrogen) atoms. The molecule has 0 saturated carbocycles. The van der Waals surface area contributed by atoms with E-state index in [1.807, 2.05) is 50.2 Å². The molecule has 2 aromatic rings. The molecule has 0 aliphatic carbocycles. The molecule has 1 N–H and O–H groups in total. The molecule has 2 aliphatic rings. The van der Waals surface area contributed by atoms with Crippen LogP contribution in [-0.4, -0.2) is 79.6 Å². The van der Waals surface area contributed by atoms with Crippen molar-refractivity contribution < 1.29 is 23.1 Å². The highest BCUT2D eigenvalue weighted by Gasteiger charge is 2.45. The maximum absolute atomic E-state index is 13.3. The molecule has 2 saturated heterocycles. The van der Waals surface area contributed by atoms with Gasteiger partial charge in [0.15, 0.2) is 0 Å². The van der Waals surface area contributed by atoms with Crippen LogP contribution in [0.4, 0.5) is 0 Å². The molecule has 0 radical (unpaired) electrons. The van der Waals surface area contributed by atoms with Crippen LogP contribution in [0.2, 0.25) is 0 Å². The molecular formula is C29H37N3O5S. The van der Waals surface area contributed by atoms with Crippen LogP contribution < -0.4 is 0 Å². The van der Waals surface area contributed by atoms with Crippen LogP contribution in [0.5, 0.6) is 0 Å². The maximum Gasteiger partial charge on any atom is 0.295 e. The van der Waals surface area contributed by atoms with Gasteiger partial charge in [-0.2, -0.15) is 4.31 Å². The molecule has 0 bridgehead atoms. The first kappa shape index (κ1) is 28.0. The summed E-state index contributed by atoms with van der Waals surface area (Å²) in [7, 11) is 0.151. The lowest BCUT2D eigenvalue weighted by atomic mass is 9.94. The smallest absolute Gasteiger partial charge is 0.295 e. The van der Waals surface area contributed by atoms with Crippen LogP contribution in [0.25, 0.3) is 5.76 Å².